The zero-order chi connectivity index (χ0) is 19.4. The summed E-state index contributed by atoms with van der Waals surface area (Å²) in [7, 11) is 1.62. The van der Waals surface area contributed by atoms with Crippen LogP contribution in [0, 0.1) is 0 Å². The van der Waals surface area contributed by atoms with E-state index in [1.165, 1.54) is 6.07 Å². The highest BCUT2D eigenvalue weighted by Gasteiger charge is 2.24. The number of pyridine rings is 2. The first kappa shape index (κ1) is 18.6. The van der Waals surface area contributed by atoms with Gasteiger partial charge in [0, 0.05) is 6.07 Å². The normalized spacial score (nSPS) is 13.0. The van der Waals surface area contributed by atoms with Crippen molar-refractivity contribution in [3.8, 4) is 5.75 Å². The summed E-state index contributed by atoms with van der Waals surface area (Å²) in [5.74, 6) is 0.990. The van der Waals surface area contributed by atoms with E-state index in [1.807, 2.05) is 49.1 Å². The number of aromatic nitrogens is 2. The first-order chi connectivity index (χ1) is 13.1. The molecule has 140 valence electrons. The van der Waals surface area contributed by atoms with Gasteiger partial charge in [0.1, 0.15) is 5.75 Å². The Morgan fingerprint density at radius 2 is 1.74 bits per heavy atom. The number of hydrogen-bond acceptors (Lipinski definition) is 5. The van der Waals surface area contributed by atoms with Gasteiger partial charge in [0.2, 0.25) is 0 Å². The van der Waals surface area contributed by atoms with E-state index in [4.69, 9.17) is 4.74 Å². The van der Waals surface area contributed by atoms with Crippen LogP contribution in [0.2, 0.25) is 0 Å². The molecule has 0 aliphatic carbocycles. The van der Waals surface area contributed by atoms with Crippen molar-refractivity contribution < 1.29 is 9.53 Å². The molecule has 0 spiro atoms. The maximum absolute atomic E-state index is 12.4. The lowest BCUT2D eigenvalue weighted by molar-refractivity contribution is -0.119. The van der Waals surface area contributed by atoms with E-state index in [9.17, 15) is 9.59 Å². The number of methoxy groups -OCH3 is 1. The van der Waals surface area contributed by atoms with Crippen molar-refractivity contribution in [1.29, 1.82) is 0 Å². The van der Waals surface area contributed by atoms with Crippen molar-refractivity contribution >= 4 is 22.5 Å². The van der Waals surface area contributed by atoms with Gasteiger partial charge in [0.15, 0.2) is 5.78 Å². The van der Waals surface area contributed by atoms with Gasteiger partial charge in [0.25, 0.3) is 5.56 Å². The molecule has 0 atom stereocenters. The number of nitrogens with zero attached hydrogens (tertiary/aromatic N) is 3. The Morgan fingerprint density at radius 1 is 1.04 bits per heavy atom. The van der Waals surface area contributed by atoms with Crippen LogP contribution in [0.1, 0.15) is 19.4 Å². The molecular weight excluding hydrogens is 342 g/mol. The second-order valence-electron chi connectivity index (χ2n) is 6.10. The van der Waals surface area contributed by atoms with E-state index in [-0.39, 0.29) is 11.3 Å². The van der Waals surface area contributed by atoms with Crippen LogP contribution >= 0.6 is 0 Å². The van der Waals surface area contributed by atoms with Crippen LogP contribution in [0.3, 0.4) is 0 Å². The summed E-state index contributed by atoms with van der Waals surface area (Å²) in [4.78, 5) is 30.0. The summed E-state index contributed by atoms with van der Waals surface area (Å²) >= 11 is 0. The summed E-state index contributed by atoms with van der Waals surface area (Å²) in [6, 6.07) is 12.8. The molecule has 1 aliphatic rings. The summed E-state index contributed by atoms with van der Waals surface area (Å²) in [6.07, 6.45) is 1.75. The molecule has 27 heavy (non-hydrogen) atoms. The van der Waals surface area contributed by atoms with Crippen molar-refractivity contribution in [2.75, 3.05) is 25.1 Å². The Bertz CT molecular complexity index is 1000. The van der Waals surface area contributed by atoms with Crippen LogP contribution in [0.15, 0.2) is 53.5 Å². The molecular formula is C21H23N3O3. The van der Waals surface area contributed by atoms with Crippen LogP contribution in [0.4, 0.5) is 5.69 Å². The monoisotopic (exact) mass is 365 g/mol. The highest BCUT2D eigenvalue weighted by atomic mass is 16.5. The van der Waals surface area contributed by atoms with Gasteiger partial charge in [-0.25, -0.2) is 0 Å². The van der Waals surface area contributed by atoms with Gasteiger partial charge in [-0.05, 0) is 29.8 Å². The lowest BCUT2D eigenvalue weighted by Gasteiger charge is -2.31. The molecule has 2 aromatic heterocycles. The molecule has 0 N–H and O–H groups in total. The number of benzene rings is 1. The second kappa shape index (κ2) is 8.03. The predicted molar refractivity (Wildman–Crippen MR) is 107 cm³/mol. The molecule has 1 fully saturated rings. The number of Topliss-reactive ketones (excluding diaryl/α,β-unsaturated/α-hetero) is 1. The molecule has 1 aromatic carbocycles. The molecule has 3 heterocycles. The summed E-state index contributed by atoms with van der Waals surface area (Å²) in [5, 5.41) is 0. The molecule has 4 rings (SSSR count). The zero-order valence-electron chi connectivity index (χ0n) is 15.8. The largest absolute Gasteiger partial charge is 0.497 e. The fraction of sp³-hybridized carbons (Fsp3) is 0.286. The molecule has 0 unspecified atom stereocenters. The quantitative estimate of drug-likeness (QED) is 0.711. The molecule has 3 aromatic rings. The number of carbonyl (C=O) groups excluding carboxylic acids is 1. The number of rotatable bonds is 4. The first-order valence-electron chi connectivity index (χ1n) is 9.03. The minimum atomic E-state index is -0.0815. The number of carbonyl (C=O) groups is 1. The lowest BCUT2D eigenvalue weighted by atomic mass is 10.1. The number of anilines is 1. The van der Waals surface area contributed by atoms with Crippen LogP contribution in [-0.2, 0) is 11.3 Å². The van der Waals surface area contributed by atoms with Crippen LogP contribution in [0.5, 0.6) is 5.75 Å². The number of ketones is 1. The fourth-order valence-electron chi connectivity index (χ4n) is 2.97. The van der Waals surface area contributed by atoms with Crippen molar-refractivity contribution in [3.05, 3.63) is 64.6 Å². The Morgan fingerprint density at radius 3 is 2.37 bits per heavy atom. The molecule has 6 nitrogen and oxygen atoms in total. The molecule has 6 heteroatoms. The highest BCUT2D eigenvalue weighted by molar-refractivity contribution is 5.96. The second-order valence-corrected chi connectivity index (χ2v) is 6.10. The molecule has 0 amide bonds. The average molecular weight is 365 g/mol. The maximum Gasteiger partial charge on any atom is 0.251 e. The molecule has 0 saturated carbocycles. The smallest absolute Gasteiger partial charge is 0.251 e. The van der Waals surface area contributed by atoms with Crippen molar-refractivity contribution in [2.45, 2.75) is 20.4 Å². The lowest BCUT2D eigenvalue weighted by Crippen LogP contribution is -2.47. The summed E-state index contributed by atoms with van der Waals surface area (Å²) in [6.45, 7) is 5.26. The Balaban J connectivity index is 0.00000102. The Kier molecular flexibility index (Phi) is 5.54. The van der Waals surface area contributed by atoms with Gasteiger partial charge < -0.3 is 14.2 Å². The standard InChI is InChI=1S/C19H17N3O3.C2H6/c1-25-16-4-2-13(3-5-16)10-22-18-8-14(21-11-15(23)12-21)9-20-17(18)6-7-19(22)24;1-2/h2-9H,10-12H2,1H3;1-2H3. The summed E-state index contributed by atoms with van der Waals surface area (Å²) in [5.41, 5.74) is 3.30. The Labute approximate surface area is 158 Å². The molecule has 0 bridgehead atoms. The van der Waals surface area contributed by atoms with Gasteiger partial charge in [-0.15, -0.1) is 0 Å². The SMILES string of the molecule is CC.COc1ccc(Cn2c(=O)ccc3ncc(N4CC(=O)C4)cc32)cc1. The Hall–Kier alpha value is -3.15. The highest BCUT2D eigenvalue weighted by Crippen LogP contribution is 2.22. The van der Waals surface area contributed by atoms with Crippen molar-refractivity contribution in [1.82, 2.24) is 9.55 Å². The maximum atomic E-state index is 12.4. The van der Waals surface area contributed by atoms with E-state index >= 15 is 0 Å². The van der Waals surface area contributed by atoms with E-state index in [0.717, 1.165) is 28.0 Å². The van der Waals surface area contributed by atoms with Crippen LogP contribution in [-0.4, -0.2) is 35.5 Å². The average Bonchev–Trinajstić information content (AvgIpc) is 2.69. The molecule has 1 aliphatic heterocycles. The fourth-order valence-corrected chi connectivity index (χ4v) is 2.97. The van der Waals surface area contributed by atoms with Crippen molar-refractivity contribution in [2.24, 2.45) is 0 Å². The minimum Gasteiger partial charge on any atom is -0.497 e. The van der Waals surface area contributed by atoms with Crippen LogP contribution < -0.4 is 15.2 Å². The van der Waals surface area contributed by atoms with Gasteiger partial charge in [-0.3, -0.25) is 14.6 Å². The van der Waals surface area contributed by atoms with Gasteiger partial charge in [0.05, 0.1) is 49.7 Å². The molecule has 0 radical (unpaired) electrons. The third-order valence-corrected chi connectivity index (χ3v) is 4.42. The van der Waals surface area contributed by atoms with Gasteiger partial charge in [-0.2, -0.15) is 0 Å². The number of ether oxygens (including phenoxy) is 1. The van der Waals surface area contributed by atoms with E-state index < -0.39 is 0 Å². The van der Waals surface area contributed by atoms with E-state index in [2.05, 4.69) is 4.98 Å². The zero-order valence-corrected chi connectivity index (χ0v) is 15.8. The van der Waals surface area contributed by atoms with Crippen molar-refractivity contribution in [3.63, 3.8) is 0 Å². The van der Waals surface area contributed by atoms with Gasteiger partial charge >= 0.3 is 0 Å². The third-order valence-electron chi connectivity index (χ3n) is 4.42. The third kappa shape index (κ3) is 3.84. The van der Waals surface area contributed by atoms with Gasteiger partial charge in [-0.1, -0.05) is 26.0 Å². The molecule has 1 saturated heterocycles. The topological polar surface area (TPSA) is 64.4 Å². The summed E-state index contributed by atoms with van der Waals surface area (Å²) < 4.78 is 6.87. The number of hydrogen-bond donors (Lipinski definition) is 0. The van der Waals surface area contributed by atoms with E-state index in [0.29, 0.717) is 19.6 Å². The van der Waals surface area contributed by atoms with E-state index in [1.54, 1.807) is 23.9 Å². The predicted octanol–water partition coefficient (Wildman–Crippen LogP) is 2.87. The number of fused-ring (bicyclic) bond motifs is 1. The minimum absolute atomic E-state index is 0.0815. The first-order valence-corrected chi connectivity index (χ1v) is 9.03. The van der Waals surface area contributed by atoms with Crippen LogP contribution in [0.25, 0.3) is 11.0 Å².